The summed E-state index contributed by atoms with van der Waals surface area (Å²) in [6.45, 7) is 19.0. The zero-order valence-corrected chi connectivity index (χ0v) is 20.6. The average molecular weight is 557 g/mol. The predicted octanol–water partition coefficient (Wildman–Crippen LogP) is 3.45. The number of carbonyl (C=O) groups excluding carboxylic acids is 1. The number of ether oxygens (including phenoxy) is 2. The van der Waals surface area contributed by atoms with Gasteiger partial charge in [0.25, 0.3) is 0 Å². The quantitative estimate of drug-likeness (QED) is 0.225. The monoisotopic (exact) mass is 560 g/mol. The van der Waals surface area contributed by atoms with E-state index in [2.05, 4.69) is 34.3 Å². The molecule has 0 aliphatic carbocycles. The Morgan fingerprint density at radius 1 is 1.35 bits per heavy atom. The largest absolute Gasteiger partial charge is 0.458 e. The topological polar surface area (TPSA) is 38.8 Å². The van der Waals surface area contributed by atoms with Crippen molar-refractivity contribution in [1.29, 1.82) is 0 Å². The van der Waals surface area contributed by atoms with Gasteiger partial charge in [0, 0.05) is 67.1 Å². The number of esters is 1. The van der Waals surface area contributed by atoms with Gasteiger partial charge in [-0.2, -0.15) is 0 Å². The Bertz CT molecular complexity index is 281. The number of rotatable bonds is 5. The first-order valence-corrected chi connectivity index (χ1v) is 8.46. The maximum atomic E-state index is 11.3. The van der Waals surface area contributed by atoms with E-state index < -0.39 is 5.60 Å². The van der Waals surface area contributed by atoms with Crippen molar-refractivity contribution in [3.8, 4) is 0 Å². The summed E-state index contributed by atoms with van der Waals surface area (Å²) in [5, 5.41) is 0.978. The molecule has 1 rings (SSSR count). The summed E-state index contributed by atoms with van der Waals surface area (Å²) >= 11 is 3.38. The van der Waals surface area contributed by atoms with Gasteiger partial charge in [0.1, 0.15) is 12.2 Å². The molecule has 138 valence electrons. The second kappa shape index (κ2) is 19.2. The third-order valence-corrected chi connectivity index (χ3v) is 2.54. The molecule has 1 aliphatic heterocycles. The number of carbonyl (C=O) groups is 1. The number of alkyl halides is 1. The van der Waals surface area contributed by atoms with Crippen molar-refractivity contribution in [2.75, 3.05) is 31.6 Å². The molecule has 4 nitrogen and oxygen atoms in total. The molecule has 0 atom stereocenters. The second-order valence-electron chi connectivity index (χ2n) is 5.26. The van der Waals surface area contributed by atoms with Gasteiger partial charge in [0.15, 0.2) is 0 Å². The molecule has 0 bridgehead atoms. The molecule has 0 unspecified atom stereocenters. The van der Waals surface area contributed by atoms with Crippen LogP contribution >= 0.6 is 15.9 Å². The van der Waals surface area contributed by atoms with Gasteiger partial charge in [-0.05, 0) is 20.8 Å². The Labute approximate surface area is 179 Å². The van der Waals surface area contributed by atoms with Crippen LogP contribution in [0.25, 0.3) is 0 Å². The summed E-state index contributed by atoms with van der Waals surface area (Å²) in [6, 6.07) is 0. The molecule has 0 spiro atoms. The molecule has 1 heterocycles. The molecule has 0 N–H and O–H groups in total. The van der Waals surface area contributed by atoms with E-state index in [9.17, 15) is 4.79 Å². The van der Waals surface area contributed by atoms with Crippen molar-refractivity contribution >= 4 is 21.9 Å². The summed E-state index contributed by atoms with van der Waals surface area (Å²) in [6.07, 6.45) is 1.69. The van der Waals surface area contributed by atoms with Gasteiger partial charge in [0.2, 0.25) is 0 Å². The van der Waals surface area contributed by atoms with Crippen LogP contribution in [0.2, 0.25) is 0 Å². The Kier molecular flexibility index (Phi) is 26.4. The Hall–Kier alpha value is 0.857. The van der Waals surface area contributed by atoms with Crippen LogP contribution in [0.3, 0.4) is 0 Å². The maximum Gasteiger partial charge on any atom is 0.332 e. The molecule has 1 aliphatic rings. The third-order valence-electron chi connectivity index (χ3n) is 2.18. The van der Waals surface area contributed by atoms with Crippen molar-refractivity contribution in [2.45, 2.75) is 46.3 Å². The average Bonchev–Trinajstić information content (AvgIpc) is 2.33. The van der Waals surface area contributed by atoms with E-state index in [1.165, 1.54) is 6.08 Å². The fourth-order valence-corrected chi connectivity index (χ4v) is 1.99. The van der Waals surface area contributed by atoms with Crippen LogP contribution in [0.5, 0.6) is 0 Å². The van der Waals surface area contributed by atoms with Crippen LogP contribution in [0.15, 0.2) is 12.7 Å². The van der Waals surface area contributed by atoms with Crippen LogP contribution < -0.4 is 0 Å². The molecular weight excluding hydrogens is 526 g/mol. The standard InChI is InChI=1S/C11H20BrNO3.C3H5.C2H6.2Mo/c1-11(2,3)16-10(14)8-15-9-6-13(7-9)5-4-12;1-3-2;1-2;;/h9H,4-8H2,1-3H3;3H,1-2H2;1-2H3;;/q;-1;;;. The molecule has 23 heavy (non-hydrogen) atoms. The zero-order chi connectivity index (χ0) is 16.9. The Morgan fingerprint density at radius 3 is 2.13 bits per heavy atom. The molecule has 0 radical (unpaired) electrons. The predicted molar refractivity (Wildman–Crippen MR) is 92.7 cm³/mol. The smallest absolute Gasteiger partial charge is 0.332 e. The fourth-order valence-electron chi connectivity index (χ4n) is 1.49. The molecule has 0 aromatic rings. The summed E-state index contributed by atoms with van der Waals surface area (Å²) in [7, 11) is 0. The molecule has 7 heteroatoms. The van der Waals surface area contributed by atoms with Crippen molar-refractivity contribution in [1.82, 2.24) is 4.90 Å². The second-order valence-corrected chi connectivity index (χ2v) is 6.05. The molecule has 0 amide bonds. The van der Waals surface area contributed by atoms with Crippen molar-refractivity contribution in [3.05, 3.63) is 19.6 Å². The van der Waals surface area contributed by atoms with Crippen LogP contribution in [0.1, 0.15) is 34.6 Å². The number of likely N-dealkylation sites (tertiary alicyclic amines) is 1. The van der Waals surface area contributed by atoms with Gasteiger partial charge in [-0.3, -0.25) is 4.90 Å². The minimum absolute atomic E-state index is 0. The number of hydrogen-bond donors (Lipinski definition) is 0. The van der Waals surface area contributed by atoms with Gasteiger partial charge in [0.05, 0.1) is 6.10 Å². The van der Waals surface area contributed by atoms with E-state index >= 15 is 0 Å². The van der Waals surface area contributed by atoms with Crippen molar-refractivity contribution in [2.24, 2.45) is 0 Å². The van der Waals surface area contributed by atoms with Crippen molar-refractivity contribution in [3.63, 3.8) is 0 Å². The minimum atomic E-state index is -0.429. The zero-order valence-electron chi connectivity index (χ0n) is 15.0. The van der Waals surface area contributed by atoms with Crippen LogP contribution in [0.4, 0.5) is 0 Å². The number of hydrogen-bond acceptors (Lipinski definition) is 4. The molecule has 0 aromatic heterocycles. The molecular formula is C16H31BrMo2NO3-. The Morgan fingerprint density at radius 2 is 1.78 bits per heavy atom. The van der Waals surface area contributed by atoms with E-state index in [0.29, 0.717) is 0 Å². The number of nitrogens with zero attached hydrogens (tertiary/aromatic N) is 1. The van der Waals surface area contributed by atoms with Crippen LogP contribution in [-0.4, -0.2) is 54.1 Å². The molecule has 1 fully saturated rings. The summed E-state index contributed by atoms with van der Waals surface area (Å²) in [5.41, 5.74) is -0.429. The van der Waals surface area contributed by atoms with E-state index in [1.807, 2.05) is 34.6 Å². The van der Waals surface area contributed by atoms with Crippen LogP contribution in [0, 0.1) is 6.92 Å². The molecule has 0 aromatic carbocycles. The summed E-state index contributed by atoms with van der Waals surface area (Å²) in [4.78, 5) is 13.6. The Balaban J connectivity index is -0.000000231. The van der Waals surface area contributed by atoms with E-state index in [-0.39, 0.29) is 60.8 Å². The number of allylic oxidation sites excluding steroid dienone is 1. The van der Waals surface area contributed by atoms with E-state index in [0.717, 1.165) is 25.0 Å². The minimum Gasteiger partial charge on any atom is -0.458 e. The SMILES string of the molecule is C=C[CH2-].CC.CC(C)(C)OC(=O)COC1CN(CCBr)C1.[Mo].[Mo]. The van der Waals surface area contributed by atoms with Gasteiger partial charge in [-0.25, -0.2) is 24.4 Å². The molecule has 0 saturated carbocycles. The first kappa shape index (κ1) is 31.6. The first-order valence-electron chi connectivity index (χ1n) is 7.34. The van der Waals surface area contributed by atoms with Gasteiger partial charge < -0.3 is 9.47 Å². The van der Waals surface area contributed by atoms with Crippen LogP contribution in [-0.2, 0) is 56.4 Å². The molecule has 1 saturated heterocycles. The first-order chi connectivity index (χ1) is 9.82. The summed E-state index contributed by atoms with van der Waals surface area (Å²) < 4.78 is 10.6. The third kappa shape index (κ3) is 20.8. The fraction of sp³-hybridized carbons (Fsp3) is 0.750. The normalized spacial score (nSPS) is 13.5. The van der Waals surface area contributed by atoms with E-state index in [4.69, 9.17) is 9.47 Å². The van der Waals surface area contributed by atoms with Gasteiger partial charge in [-0.1, -0.05) is 29.8 Å². The van der Waals surface area contributed by atoms with E-state index in [1.54, 1.807) is 0 Å². The van der Waals surface area contributed by atoms with Gasteiger partial charge in [-0.15, -0.1) is 0 Å². The number of halogens is 1. The summed E-state index contributed by atoms with van der Waals surface area (Å²) in [5.74, 6) is -0.286. The maximum absolute atomic E-state index is 11.3. The van der Waals surface area contributed by atoms with Crippen molar-refractivity contribution < 1.29 is 56.4 Å². The van der Waals surface area contributed by atoms with Gasteiger partial charge >= 0.3 is 5.97 Å².